The largest absolute Gasteiger partial charge is 0.398 e. The maximum atomic E-state index is 10.8. The fourth-order valence-corrected chi connectivity index (χ4v) is 1.20. The summed E-state index contributed by atoms with van der Waals surface area (Å²) in [5.41, 5.74) is 8.19. The van der Waals surface area contributed by atoms with Crippen molar-refractivity contribution < 1.29 is 4.79 Å². The highest BCUT2D eigenvalue weighted by Crippen LogP contribution is 2.15. The Bertz CT molecular complexity index is 460. The first-order valence-electron chi connectivity index (χ1n) is 4.20. The van der Waals surface area contributed by atoms with E-state index >= 15 is 0 Å². The molecule has 0 bridgehead atoms. The van der Waals surface area contributed by atoms with Gasteiger partial charge in [0, 0.05) is 11.3 Å². The van der Waals surface area contributed by atoms with E-state index in [1.165, 1.54) is 6.21 Å². The first-order valence-corrected chi connectivity index (χ1v) is 4.20. The summed E-state index contributed by atoms with van der Waals surface area (Å²) in [4.78, 5) is 18.4. The fraction of sp³-hybridized carbons (Fsp3) is 0.100. The molecule has 0 fully saturated rings. The molecule has 70 valence electrons. The van der Waals surface area contributed by atoms with Crippen LogP contribution in [0.5, 0.6) is 0 Å². The molecule has 4 heteroatoms. The third-order valence-electron chi connectivity index (χ3n) is 2.05. The molecule has 0 aromatic heterocycles. The molecule has 0 aliphatic carbocycles. The lowest BCUT2D eigenvalue weighted by Crippen LogP contribution is -1.98. The van der Waals surface area contributed by atoms with Crippen LogP contribution < -0.4 is 5.73 Å². The number of benzene rings is 1. The van der Waals surface area contributed by atoms with Gasteiger partial charge in [0.05, 0.1) is 6.21 Å². The molecular formula is C10H9N3O. The first-order chi connectivity index (χ1) is 6.66. The lowest BCUT2D eigenvalue weighted by Gasteiger charge is -2.02. The standard InChI is InChI=1S/C10H9N3O/c1-6-2-3-7(4-8(6)11)10-12-5-9(14)13-10/h2-5H,11H2,1H3. The highest BCUT2D eigenvalue weighted by molar-refractivity contribution is 6.36. The van der Waals surface area contributed by atoms with E-state index in [0.29, 0.717) is 11.5 Å². The third-order valence-corrected chi connectivity index (χ3v) is 2.05. The maximum Gasteiger partial charge on any atom is 0.290 e. The van der Waals surface area contributed by atoms with Crippen LogP contribution in [0.15, 0.2) is 28.2 Å². The number of aryl methyl sites for hydroxylation is 1. The number of nitrogen functional groups attached to an aromatic ring is 1. The lowest BCUT2D eigenvalue weighted by atomic mass is 10.1. The van der Waals surface area contributed by atoms with E-state index in [0.717, 1.165) is 11.1 Å². The van der Waals surface area contributed by atoms with E-state index < -0.39 is 0 Å². The Morgan fingerprint density at radius 3 is 2.71 bits per heavy atom. The van der Waals surface area contributed by atoms with Crippen LogP contribution in [0.3, 0.4) is 0 Å². The zero-order valence-electron chi connectivity index (χ0n) is 7.69. The smallest absolute Gasteiger partial charge is 0.290 e. The van der Waals surface area contributed by atoms with E-state index in [-0.39, 0.29) is 5.91 Å². The molecule has 2 rings (SSSR count). The topological polar surface area (TPSA) is 67.8 Å². The number of carbonyl (C=O) groups is 1. The van der Waals surface area contributed by atoms with Crippen LogP contribution in [0.4, 0.5) is 5.69 Å². The number of aliphatic imine (C=N–C) groups is 2. The number of nitrogens with zero attached hydrogens (tertiary/aromatic N) is 2. The normalized spacial score (nSPS) is 14.6. The monoisotopic (exact) mass is 187 g/mol. The predicted octanol–water partition coefficient (Wildman–Crippen LogP) is 0.935. The summed E-state index contributed by atoms with van der Waals surface area (Å²) in [5, 5.41) is 0. The second-order valence-electron chi connectivity index (χ2n) is 3.10. The Hall–Kier alpha value is -1.97. The van der Waals surface area contributed by atoms with Crippen LogP contribution in [0.2, 0.25) is 0 Å². The van der Waals surface area contributed by atoms with Gasteiger partial charge in [-0.25, -0.2) is 4.99 Å². The number of hydrogen-bond acceptors (Lipinski definition) is 3. The van der Waals surface area contributed by atoms with Crippen molar-refractivity contribution in [3.63, 3.8) is 0 Å². The minimum atomic E-state index is -0.320. The zero-order valence-corrected chi connectivity index (χ0v) is 7.69. The van der Waals surface area contributed by atoms with Gasteiger partial charge < -0.3 is 5.73 Å². The van der Waals surface area contributed by atoms with E-state index in [4.69, 9.17) is 5.73 Å². The van der Waals surface area contributed by atoms with Crippen molar-refractivity contribution in [2.75, 3.05) is 5.73 Å². The molecule has 1 aromatic carbocycles. The maximum absolute atomic E-state index is 10.8. The highest BCUT2D eigenvalue weighted by atomic mass is 16.1. The Morgan fingerprint density at radius 2 is 2.14 bits per heavy atom. The first kappa shape index (κ1) is 8.62. The van der Waals surface area contributed by atoms with E-state index in [1.54, 1.807) is 6.07 Å². The Morgan fingerprint density at radius 1 is 1.36 bits per heavy atom. The Balaban J connectivity index is 2.44. The summed E-state index contributed by atoms with van der Waals surface area (Å²) in [6, 6.07) is 5.50. The molecule has 0 saturated heterocycles. The molecule has 0 spiro atoms. The minimum Gasteiger partial charge on any atom is -0.398 e. The van der Waals surface area contributed by atoms with Gasteiger partial charge >= 0.3 is 0 Å². The number of hydrogen-bond donors (Lipinski definition) is 1. The van der Waals surface area contributed by atoms with E-state index in [2.05, 4.69) is 9.98 Å². The van der Waals surface area contributed by atoms with Crippen molar-refractivity contribution in [3.8, 4) is 0 Å². The van der Waals surface area contributed by atoms with Crippen molar-refractivity contribution in [1.29, 1.82) is 0 Å². The molecule has 1 aromatic rings. The van der Waals surface area contributed by atoms with Crippen LogP contribution in [0, 0.1) is 6.92 Å². The molecule has 0 saturated carbocycles. The molecule has 1 amide bonds. The lowest BCUT2D eigenvalue weighted by molar-refractivity contribution is -0.111. The van der Waals surface area contributed by atoms with Crippen LogP contribution >= 0.6 is 0 Å². The van der Waals surface area contributed by atoms with Crippen LogP contribution in [-0.4, -0.2) is 18.0 Å². The van der Waals surface area contributed by atoms with Gasteiger partial charge in [-0.05, 0) is 18.6 Å². The summed E-state index contributed by atoms with van der Waals surface area (Å²) in [5.74, 6) is 0.112. The van der Waals surface area contributed by atoms with Crippen molar-refractivity contribution >= 4 is 23.6 Å². The number of rotatable bonds is 1. The number of amides is 1. The van der Waals surface area contributed by atoms with E-state index in [9.17, 15) is 4.79 Å². The highest BCUT2D eigenvalue weighted by Gasteiger charge is 2.10. The molecule has 0 atom stereocenters. The molecule has 14 heavy (non-hydrogen) atoms. The molecule has 0 radical (unpaired) electrons. The summed E-state index contributed by atoms with van der Waals surface area (Å²) in [7, 11) is 0. The van der Waals surface area contributed by atoms with Gasteiger partial charge in [-0.3, -0.25) is 4.79 Å². The average molecular weight is 187 g/mol. The minimum absolute atomic E-state index is 0.320. The van der Waals surface area contributed by atoms with Gasteiger partial charge in [-0.2, -0.15) is 4.99 Å². The summed E-state index contributed by atoms with van der Waals surface area (Å²) in [6.45, 7) is 1.92. The van der Waals surface area contributed by atoms with Gasteiger partial charge in [-0.1, -0.05) is 12.1 Å². The molecule has 1 aliphatic heterocycles. The second kappa shape index (κ2) is 3.06. The summed E-state index contributed by atoms with van der Waals surface area (Å²) in [6.07, 6.45) is 1.20. The molecule has 2 N–H and O–H groups in total. The van der Waals surface area contributed by atoms with Gasteiger partial charge in [0.25, 0.3) is 5.91 Å². The number of carbonyl (C=O) groups excluding carboxylic acids is 1. The van der Waals surface area contributed by atoms with Gasteiger partial charge in [-0.15, -0.1) is 0 Å². The molecule has 4 nitrogen and oxygen atoms in total. The fourth-order valence-electron chi connectivity index (χ4n) is 1.20. The summed E-state index contributed by atoms with van der Waals surface area (Å²) < 4.78 is 0. The van der Waals surface area contributed by atoms with Crippen molar-refractivity contribution in [3.05, 3.63) is 29.3 Å². The van der Waals surface area contributed by atoms with Crippen LogP contribution in [-0.2, 0) is 4.79 Å². The van der Waals surface area contributed by atoms with Crippen LogP contribution in [0.1, 0.15) is 11.1 Å². The second-order valence-corrected chi connectivity index (χ2v) is 3.10. The molecular weight excluding hydrogens is 178 g/mol. The number of amidine groups is 1. The predicted molar refractivity (Wildman–Crippen MR) is 55.6 cm³/mol. The molecule has 1 aliphatic rings. The molecule has 0 unspecified atom stereocenters. The summed E-state index contributed by atoms with van der Waals surface area (Å²) >= 11 is 0. The Kier molecular flexibility index (Phi) is 1.89. The van der Waals surface area contributed by atoms with Crippen molar-refractivity contribution in [1.82, 2.24) is 0 Å². The van der Waals surface area contributed by atoms with Crippen LogP contribution in [0.25, 0.3) is 0 Å². The SMILES string of the molecule is Cc1ccc(C2=NC(=O)C=N2)cc1N. The van der Waals surface area contributed by atoms with Gasteiger partial charge in [0.2, 0.25) is 0 Å². The average Bonchev–Trinajstić information content (AvgIpc) is 2.57. The zero-order chi connectivity index (χ0) is 10.1. The molecule has 1 heterocycles. The van der Waals surface area contributed by atoms with Crippen molar-refractivity contribution in [2.45, 2.75) is 6.92 Å². The van der Waals surface area contributed by atoms with Crippen molar-refractivity contribution in [2.24, 2.45) is 9.98 Å². The third kappa shape index (κ3) is 1.42. The Labute approximate surface area is 81.2 Å². The van der Waals surface area contributed by atoms with Gasteiger partial charge in [0.15, 0.2) is 5.84 Å². The quantitative estimate of drug-likeness (QED) is 0.664. The number of anilines is 1. The number of nitrogens with two attached hydrogens (primary N) is 1. The van der Waals surface area contributed by atoms with Gasteiger partial charge in [0.1, 0.15) is 0 Å². The van der Waals surface area contributed by atoms with E-state index in [1.807, 2.05) is 19.1 Å².